The molecule has 0 bridgehead atoms. The van der Waals surface area contributed by atoms with Gasteiger partial charge in [0.1, 0.15) is 11.4 Å². The third-order valence-electron chi connectivity index (χ3n) is 6.50. The van der Waals surface area contributed by atoms with Crippen LogP contribution in [-0.2, 0) is 17.5 Å². The van der Waals surface area contributed by atoms with Gasteiger partial charge in [0.2, 0.25) is 0 Å². The molecule has 0 aliphatic rings. The van der Waals surface area contributed by atoms with Crippen molar-refractivity contribution < 1.29 is 22.7 Å². The monoisotopic (exact) mass is 607 g/mol. The van der Waals surface area contributed by atoms with Crippen LogP contribution in [0, 0.1) is 13.8 Å². The minimum absolute atomic E-state index is 0. The Morgan fingerprint density at radius 2 is 1.77 bits per heavy atom. The van der Waals surface area contributed by atoms with Gasteiger partial charge in [0.25, 0.3) is 5.56 Å². The molecule has 11 heteroatoms. The number of carbonyl (C=O) groups excluding carboxylic acids is 1. The van der Waals surface area contributed by atoms with Gasteiger partial charge in [-0.05, 0) is 77.3 Å². The second-order valence-electron chi connectivity index (χ2n) is 11.0. The number of amides is 1. The number of nitrogens with zero attached hydrogens (tertiary/aromatic N) is 2. The molecular formula is C32H48F3N5O3. The highest BCUT2D eigenvalue weighted by atomic mass is 19.4. The summed E-state index contributed by atoms with van der Waals surface area (Å²) in [6.07, 6.45) is -2.41. The molecule has 1 unspecified atom stereocenters. The summed E-state index contributed by atoms with van der Waals surface area (Å²) in [5, 5.41) is 7.16. The normalized spacial score (nSPS) is 12.0. The lowest BCUT2D eigenvalue weighted by atomic mass is 10.0. The molecule has 0 fully saturated rings. The fraction of sp³-hybridized carbons (Fsp3) is 0.531. The molecule has 1 aromatic carbocycles. The van der Waals surface area contributed by atoms with E-state index >= 15 is 0 Å². The van der Waals surface area contributed by atoms with E-state index in [4.69, 9.17) is 4.74 Å². The first-order valence-electron chi connectivity index (χ1n) is 14.2. The molecule has 3 rings (SSSR count). The van der Waals surface area contributed by atoms with Gasteiger partial charge in [-0.25, -0.2) is 9.78 Å². The number of benzene rings is 1. The predicted octanol–water partition coefficient (Wildman–Crippen LogP) is 8.28. The molecule has 0 spiro atoms. The summed E-state index contributed by atoms with van der Waals surface area (Å²) in [4.78, 5) is 33.3. The molecule has 1 amide bonds. The molecule has 1 atom stereocenters. The van der Waals surface area contributed by atoms with Crippen molar-refractivity contribution in [3.05, 3.63) is 63.2 Å². The van der Waals surface area contributed by atoms with Crippen LogP contribution >= 0.6 is 0 Å². The minimum atomic E-state index is -4.58. The number of aromatic nitrogens is 2. The van der Waals surface area contributed by atoms with Crippen LogP contribution in [0.4, 0.5) is 29.5 Å². The Morgan fingerprint density at radius 1 is 1.12 bits per heavy atom. The van der Waals surface area contributed by atoms with E-state index in [-0.39, 0.29) is 36.8 Å². The topological polar surface area (TPSA) is 99.4 Å². The average molecular weight is 608 g/mol. The number of nitrogens with one attached hydrogen (secondary N) is 3. The lowest BCUT2D eigenvalue weighted by molar-refractivity contribution is -0.137. The Kier molecular flexibility index (Phi) is 13.5. The van der Waals surface area contributed by atoms with E-state index in [1.165, 1.54) is 11.1 Å². The number of aromatic amines is 1. The number of anilines is 2. The van der Waals surface area contributed by atoms with Gasteiger partial charge >= 0.3 is 12.3 Å². The first kappa shape index (κ1) is 37.3. The average Bonchev–Trinajstić information content (AvgIpc) is 2.89. The van der Waals surface area contributed by atoms with E-state index in [1.54, 1.807) is 40.8 Å². The van der Waals surface area contributed by atoms with Crippen molar-refractivity contribution in [2.24, 2.45) is 0 Å². The maximum atomic E-state index is 13.9. The Hall–Kier alpha value is -3.76. The Morgan fingerprint density at radius 3 is 2.33 bits per heavy atom. The van der Waals surface area contributed by atoms with Gasteiger partial charge in [0.05, 0.1) is 5.56 Å². The number of ether oxygens (including phenoxy) is 1. The van der Waals surface area contributed by atoms with Crippen LogP contribution in [-0.4, -0.2) is 46.2 Å². The van der Waals surface area contributed by atoms with Gasteiger partial charge in [-0.15, -0.1) is 0 Å². The molecule has 2 aromatic heterocycles. The van der Waals surface area contributed by atoms with Gasteiger partial charge < -0.3 is 25.3 Å². The van der Waals surface area contributed by atoms with E-state index < -0.39 is 23.4 Å². The van der Waals surface area contributed by atoms with Gasteiger partial charge in [-0.3, -0.25) is 4.79 Å². The lowest BCUT2D eigenvalue weighted by Gasteiger charge is -2.27. The number of rotatable bonds is 9. The maximum absolute atomic E-state index is 13.9. The Balaban J connectivity index is 0.00000302. The summed E-state index contributed by atoms with van der Waals surface area (Å²) in [6.45, 7) is 15.3. The van der Waals surface area contributed by atoms with Crippen molar-refractivity contribution in [2.45, 2.75) is 100 Å². The zero-order valence-corrected chi connectivity index (χ0v) is 26.0. The number of pyridine rings is 2. The van der Waals surface area contributed by atoms with Crippen LogP contribution in [0.1, 0.15) is 84.2 Å². The fourth-order valence-corrected chi connectivity index (χ4v) is 4.36. The van der Waals surface area contributed by atoms with E-state index in [9.17, 15) is 22.8 Å². The van der Waals surface area contributed by atoms with E-state index in [2.05, 4.69) is 20.6 Å². The van der Waals surface area contributed by atoms with Crippen molar-refractivity contribution in [2.75, 3.05) is 24.2 Å². The number of H-pyrrole nitrogens is 1. The lowest BCUT2D eigenvalue weighted by Crippen LogP contribution is -2.36. The quantitative estimate of drug-likeness (QED) is 0.226. The fourth-order valence-electron chi connectivity index (χ4n) is 4.36. The molecule has 0 aliphatic carbocycles. The van der Waals surface area contributed by atoms with Crippen LogP contribution in [0.2, 0.25) is 0 Å². The third kappa shape index (κ3) is 10.5. The second kappa shape index (κ2) is 15.6. The van der Waals surface area contributed by atoms with Crippen molar-refractivity contribution in [1.82, 2.24) is 14.9 Å². The first-order chi connectivity index (χ1) is 19.6. The van der Waals surface area contributed by atoms with E-state index in [0.29, 0.717) is 36.0 Å². The van der Waals surface area contributed by atoms with Gasteiger partial charge in [-0.1, -0.05) is 28.2 Å². The molecule has 0 saturated carbocycles. The van der Waals surface area contributed by atoms with Crippen LogP contribution < -0.4 is 16.2 Å². The summed E-state index contributed by atoms with van der Waals surface area (Å²) in [5.74, 6) is 0.240. The van der Waals surface area contributed by atoms with Crippen LogP contribution in [0.3, 0.4) is 0 Å². The van der Waals surface area contributed by atoms with Crippen molar-refractivity contribution >= 4 is 28.4 Å². The maximum Gasteiger partial charge on any atom is 0.416 e. The van der Waals surface area contributed by atoms with E-state index in [0.717, 1.165) is 23.4 Å². The van der Waals surface area contributed by atoms with Crippen LogP contribution in [0.15, 0.2) is 35.3 Å². The summed E-state index contributed by atoms with van der Waals surface area (Å²) in [6, 6.07) is 5.45. The smallest absolute Gasteiger partial charge is 0.416 e. The minimum Gasteiger partial charge on any atom is -0.444 e. The largest absolute Gasteiger partial charge is 0.444 e. The molecule has 0 saturated heterocycles. The zero-order valence-electron chi connectivity index (χ0n) is 26.0. The number of carbonyl (C=O) groups is 1. The molecule has 43 heavy (non-hydrogen) atoms. The van der Waals surface area contributed by atoms with Crippen molar-refractivity contribution in [3.8, 4) is 0 Å². The summed E-state index contributed by atoms with van der Waals surface area (Å²) < 4.78 is 47.2. The SMILES string of the molecule is C.CC.CCC(CCN(C)C(=O)OC(C)(C)C)Nc1cc(C(F)(F)F)cc2c(NCc3c(C)cc(C)[nH]c3=O)nccc12. The molecule has 0 radical (unpaired) electrons. The van der Waals surface area contributed by atoms with Crippen LogP contribution in [0.5, 0.6) is 0 Å². The summed E-state index contributed by atoms with van der Waals surface area (Å²) in [7, 11) is 1.63. The van der Waals surface area contributed by atoms with Crippen molar-refractivity contribution in [3.63, 3.8) is 0 Å². The Bertz CT molecular complexity index is 1410. The summed E-state index contributed by atoms with van der Waals surface area (Å²) >= 11 is 0. The second-order valence-corrected chi connectivity index (χ2v) is 11.0. The molecule has 2 heterocycles. The number of fused-ring (bicyclic) bond motifs is 1. The molecule has 3 N–H and O–H groups in total. The zero-order chi connectivity index (χ0) is 31.8. The van der Waals surface area contributed by atoms with Gasteiger partial charge in [0, 0.05) is 60.1 Å². The van der Waals surface area contributed by atoms with Crippen molar-refractivity contribution in [1.29, 1.82) is 0 Å². The molecule has 8 nitrogen and oxygen atoms in total. The van der Waals surface area contributed by atoms with Crippen LogP contribution in [0.25, 0.3) is 10.8 Å². The number of hydrogen-bond acceptors (Lipinski definition) is 6. The van der Waals surface area contributed by atoms with Gasteiger partial charge in [-0.2, -0.15) is 13.2 Å². The molecular weight excluding hydrogens is 559 g/mol. The standard InChI is InChI=1S/C29H38F3N5O3.C2H6.CH4/c1-8-20(10-12-37(7)27(39)40-28(4,5)6)36-24-15-19(29(30,31)32)14-22-21(24)9-11-33-25(22)34-16-23-17(2)13-18(3)35-26(23)38;1-2;/h9,11,13-15,20,36H,8,10,12,16H2,1-7H3,(H,33,34)(H,35,38);1-2H3;1H4. The third-order valence-corrected chi connectivity index (χ3v) is 6.50. The first-order valence-corrected chi connectivity index (χ1v) is 14.2. The molecule has 3 aromatic rings. The molecule has 240 valence electrons. The molecule has 0 aliphatic heterocycles. The number of aryl methyl sites for hydroxylation is 2. The number of hydrogen-bond donors (Lipinski definition) is 3. The predicted molar refractivity (Wildman–Crippen MR) is 170 cm³/mol. The van der Waals surface area contributed by atoms with Gasteiger partial charge in [0.15, 0.2) is 0 Å². The Labute approximate surface area is 253 Å². The highest BCUT2D eigenvalue weighted by molar-refractivity contribution is 6.00. The number of halogens is 3. The highest BCUT2D eigenvalue weighted by Crippen LogP contribution is 2.38. The van der Waals surface area contributed by atoms with E-state index in [1.807, 2.05) is 33.8 Å². The highest BCUT2D eigenvalue weighted by Gasteiger charge is 2.32. The number of alkyl halides is 3. The summed E-state index contributed by atoms with van der Waals surface area (Å²) in [5.41, 5.74) is 0.587.